The van der Waals surface area contributed by atoms with Crippen molar-refractivity contribution in [3.63, 3.8) is 0 Å². The predicted octanol–water partition coefficient (Wildman–Crippen LogP) is 3.52. The van der Waals surface area contributed by atoms with Gasteiger partial charge in [0, 0.05) is 27.9 Å². The third kappa shape index (κ3) is 3.95. The van der Waals surface area contributed by atoms with Gasteiger partial charge in [0.25, 0.3) is 0 Å². The van der Waals surface area contributed by atoms with Crippen LogP contribution < -0.4 is 5.32 Å². The normalized spacial score (nSPS) is 14.4. The van der Waals surface area contributed by atoms with Crippen molar-refractivity contribution < 1.29 is 4.79 Å². The maximum Gasteiger partial charge on any atom is 0.230 e. The van der Waals surface area contributed by atoms with Crippen LogP contribution in [0.15, 0.2) is 16.6 Å². The molecule has 0 bridgehead atoms. The van der Waals surface area contributed by atoms with E-state index < -0.39 is 0 Å². The molecule has 2 aromatic heterocycles. The monoisotopic (exact) mass is 350 g/mol. The Bertz CT molecular complexity index is 688. The first-order valence-electron chi connectivity index (χ1n) is 8.03. The van der Waals surface area contributed by atoms with Crippen LogP contribution in [0.1, 0.15) is 44.5 Å². The number of thioether (sulfide) groups is 1. The third-order valence-electron chi connectivity index (χ3n) is 3.72. The summed E-state index contributed by atoms with van der Waals surface area (Å²) in [6, 6.07) is 2.83. The highest BCUT2D eigenvalue weighted by atomic mass is 32.2. The highest BCUT2D eigenvalue weighted by molar-refractivity contribution is 7.99. The molecule has 0 spiro atoms. The van der Waals surface area contributed by atoms with Gasteiger partial charge in [-0.05, 0) is 39.2 Å². The smallest absolute Gasteiger partial charge is 0.230 e. The molecule has 7 heteroatoms. The Kier molecular flexibility index (Phi) is 5.06. The highest BCUT2D eigenvalue weighted by Gasteiger charge is 2.24. The fourth-order valence-electron chi connectivity index (χ4n) is 2.35. The summed E-state index contributed by atoms with van der Waals surface area (Å²) in [4.78, 5) is 13.2. The van der Waals surface area contributed by atoms with E-state index in [1.165, 1.54) is 16.6 Å². The number of carbonyl (C=O) groups is 1. The molecule has 1 aliphatic rings. The van der Waals surface area contributed by atoms with Crippen molar-refractivity contribution in [2.75, 3.05) is 5.75 Å². The highest BCUT2D eigenvalue weighted by Crippen LogP contribution is 2.30. The molecule has 1 aliphatic carbocycles. The molecule has 0 atom stereocenters. The summed E-state index contributed by atoms with van der Waals surface area (Å²) < 4.78 is 2.12. The number of hydrogen-bond acceptors (Lipinski definition) is 5. The van der Waals surface area contributed by atoms with Crippen LogP contribution in [0.5, 0.6) is 0 Å². The lowest BCUT2D eigenvalue weighted by Crippen LogP contribution is -2.27. The number of nitrogens with one attached hydrogen (secondary N) is 1. The van der Waals surface area contributed by atoms with E-state index in [4.69, 9.17) is 0 Å². The zero-order chi connectivity index (χ0) is 16.4. The molecule has 0 radical (unpaired) electrons. The second-order valence-electron chi connectivity index (χ2n) is 6.06. The van der Waals surface area contributed by atoms with Crippen molar-refractivity contribution in [1.29, 1.82) is 0 Å². The number of amides is 1. The van der Waals surface area contributed by atoms with Gasteiger partial charge in [-0.2, -0.15) is 0 Å². The zero-order valence-electron chi connectivity index (χ0n) is 13.7. The van der Waals surface area contributed by atoms with E-state index in [0.717, 1.165) is 35.8 Å². The van der Waals surface area contributed by atoms with Crippen molar-refractivity contribution >= 4 is 29.0 Å². The van der Waals surface area contributed by atoms with Crippen molar-refractivity contribution in [3.05, 3.63) is 16.3 Å². The Labute approximate surface area is 144 Å². The van der Waals surface area contributed by atoms with Crippen LogP contribution in [0.2, 0.25) is 0 Å². The average molecular weight is 351 g/mol. The standard InChI is InChI=1S/C16H22N4OS2/c1-4-13-7-11(8-22-13)15-18-19-16(20(15)10(2)3)23-9-14(21)17-12-5-6-12/h7-8,10,12H,4-6,9H2,1-3H3,(H,17,21). The number of hydrogen-bond donors (Lipinski definition) is 1. The van der Waals surface area contributed by atoms with Crippen LogP contribution >= 0.6 is 23.1 Å². The van der Waals surface area contributed by atoms with Gasteiger partial charge in [0.2, 0.25) is 5.91 Å². The van der Waals surface area contributed by atoms with Gasteiger partial charge in [-0.1, -0.05) is 18.7 Å². The van der Waals surface area contributed by atoms with E-state index in [1.54, 1.807) is 11.3 Å². The summed E-state index contributed by atoms with van der Waals surface area (Å²) in [5.74, 6) is 1.37. The second-order valence-corrected chi connectivity index (χ2v) is 7.99. The van der Waals surface area contributed by atoms with Crippen molar-refractivity contribution in [2.45, 2.75) is 57.3 Å². The summed E-state index contributed by atoms with van der Waals surface area (Å²) in [6.45, 7) is 6.39. The van der Waals surface area contributed by atoms with E-state index in [0.29, 0.717) is 11.8 Å². The quantitative estimate of drug-likeness (QED) is 0.776. The van der Waals surface area contributed by atoms with Gasteiger partial charge >= 0.3 is 0 Å². The van der Waals surface area contributed by atoms with E-state index in [1.807, 2.05) is 0 Å². The first-order chi connectivity index (χ1) is 11.1. The predicted molar refractivity (Wildman–Crippen MR) is 95.0 cm³/mol. The lowest BCUT2D eigenvalue weighted by molar-refractivity contribution is -0.118. The van der Waals surface area contributed by atoms with Gasteiger partial charge in [-0.3, -0.25) is 9.36 Å². The number of nitrogens with zero attached hydrogens (tertiary/aromatic N) is 3. The van der Waals surface area contributed by atoms with E-state index >= 15 is 0 Å². The van der Waals surface area contributed by atoms with E-state index in [2.05, 4.69) is 52.3 Å². The topological polar surface area (TPSA) is 59.8 Å². The van der Waals surface area contributed by atoms with Gasteiger partial charge in [0.05, 0.1) is 5.75 Å². The number of aryl methyl sites for hydroxylation is 1. The summed E-state index contributed by atoms with van der Waals surface area (Å²) in [6.07, 6.45) is 3.25. The van der Waals surface area contributed by atoms with Crippen LogP contribution in [0.3, 0.4) is 0 Å². The largest absolute Gasteiger partial charge is 0.353 e. The first kappa shape index (κ1) is 16.5. The van der Waals surface area contributed by atoms with Crippen molar-refractivity contribution in [3.8, 4) is 11.4 Å². The van der Waals surface area contributed by atoms with Gasteiger partial charge < -0.3 is 5.32 Å². The molecular weight excluding hydrogens is 328 g/mol. The molecule has 2 aromatic rings. The number of rotatable bonds is 7. The lowest BCUT2D eigenvalue weighted by Gasteiger charge is -2.13. The molecular formula is C16H22N4OS2. The van der Waals surface area contributed by atoms with Crippen molar-refractivity contribution in [1.82, 2.24) is 20.1 Å². The molecule has 23 heavy (non-hydrogen) atoms. The van der Waals surface area contributed by atoms with Crippen LogP contribution in [-0.4, -0.2) is 32.5 Å². The molecule has 1 amide bonds. The number of carbonyl (C=O) groups excluding carboxylic acids is 1. The Morgan fingerprint density at radius 1 is 1.48 bits per heavy atom. The molecule has 0 unspecified atom stereocenters. The van der Waals surface area contributed by atoms with E-state index in [9.17, 15) is 4.79 Å². The molecule has 0 aromatic carbocycles. The van der Waals surface area contributed by atoms with Crippen LogP contribution in [0.25, 0.3) is 11.4 Å². The lowest BCUT2D eigenvalue weighted by atomic mass is 10.2. The third-order valence-corrected chi connectivity index (χ3v) is 5.74. The maximum absolute atomic E-state index is 11.9. The fraction of sp³-hybridized carbons (Fsp3) is 0.562. The van der Waals surface area contributed by atoms with Gasteiger partial charge in [-0.25, -0.2) is 0 Å². The fourth-order valence-corrected chi connectivity index (χ4v) is 4.04. The Balaban J connectivity index is 1.76. The number of thiophene rings is 1. The van der Waals surface area contributed by atoms with Crippen LogP contribution in [0.4, 0.5) is 0 Å². The molecule has 5 nitrogen and oxygen atoms in total. The molecule has 0 aliphatic heterocycles. The van der Waals surface area contributed by atoms with Gasteiger partial charge in [0.1, 0.15) is 0 Å². The maximum atomic E-state index is 11.9. The minimum absolute atomic E-state index is 0.0844. The average Bonchev–Trinajstić information content (AvgIpc) is 3.05. The summed E-state index contributed by atoms with van der Waals surface area (Å²) >= 11 is 3.22. The zero-order valence-corrected chi connectivity index (χ0v) is 15.3. The second kappa shape index (κ2) is 7.05. The van der Waals surface area contributed by atoms with Gasteiger partial charge in [-0.15, -0.1) is 21.5 Å². The Hall–Kier alpha value is -1.34. The summed E-state index contributed by atoms with van der Waals surface area (Å²) in [5.41, 5.74) is 1.11. The minimum Gasteiger partial charge on any atom is -0.353 e. The molecule has 1 fully saturated rings. The molecule has 1 N–H and O–H groups in total. The molecule has 124 valence electrons. The Morgan fingerprint density at radius 3 is 2.87 bits per heavy atom. The molecule has 2 heterocycles. The number of aromatic nitrogens is 3. The van der Waals surface area contributed by atoms with Gasteiger partial charge in [0.15, 0.2) is 11.0 Å². The first-order valence-corrected chi connectivity index (χ1v) is 9.89. The molecule has 1 saturated carbocycles. The van der Waals surface area contributed by atoms with E-state index in [-0.39, 0.29) is 11.9 Å². The molecule has 0 saturated heterocycles. The van der Waals surface area contributed by atoms with Crippen LogP contribution in [0, 0.1) is 0 Å². The van der Waals surface area contributed by atoms with Crippen molar-refractivity contribution in [2.24, 2.45) is 0 Å². The minimum atomic E-state index is 0.0844. The van der Waals surface area contributed by atoms with Crippen LogP contribution in [-0.2, 0) is 11.2 Å². The SMILES string of the molecule is CCc1cc(-c2nnc(SCC(=O)NC3CC3)n2C(C)C)cs1. The summed E-state index contributed by atoms with van der Waals surface area (Å²) in [7, 11) is 0. The molecule has 3 rings (SSSR count). The summed E-state index contributed by atoms with van der Waals surface area (Å²) in [5, 5.41) is 14.6. The Morgan fingerprint density at radius 2 is 2.26 bits per heavy atom.